The Kier molecular flexibility index (Phi) is 8.55. The van der Waals surface area contributed by atoms with Gasteiger partial charge in [-0.2, -0.15) is 0 Å². The van der Waals surface area contributed by atoms with Crippen LogP contribution in [0.3, 0.4) is 0 Å². The predicted molar refractivity (Wildman–Crippen MR) is 138 cm³/mol. The van der Waals surface area contributed by atoms with Crippen LogP contribution in [0.2, 0.25) is 0 Å². The van der Waals surface area contributed by atoms with E-state index in [1.54, 1.807) is 0 Å². The van der Waals surface area contributed by atoms with Gasteiger partial charge in [0.1, 0.15) is 24.7 Å². The van der Waals surface area contributed by atoms with E-state index >= 15 is 0 Å². The lowest BCUT2D eigenvalue weighted by Crippen LogP contribution is -2.04. The molecule has 0 amide bonds. The summed E-state index contributed by atoms with van der Waals surface area (Å²) in [6.07, 6.45) is 2.62. The number of rotatable bonds is 11. The Balaban J connectivity index is 1.46. The third kappa shape index (κ3) is 6.97. The Morgan fingerprint density at radius 3 is 1.66 bits per heavy atom. The van der Waals surface area contributed by atoms with Crippen molar-refractivity contribution in [3.05, 3.63) is 131 Å². The van der Waals surface area contributed by atoms with Crippen LogP contribution in [0.25, 0.3) is 0 Å². The van der Waals surface area contributed by atoms with Gasteiger partial charge in [0, 0.05) is 5.56 Å². The largest absolute Gasteiger partial charge is 0.488 e. The fourth-order valence-corrected chi connectivity index (χ4v) is 3.93. The van der Waals surface area contributed by atoms with E-state index in [-0.39, 0.29) is 5.97 Å². The molecule has 0 aliphatic heterocycles. The maximum absolute atomic E-state index is 11.7. The van der Waals surface area contributed by atoms with Crippen LogP contribution in [0.4, 0.5) is 0 Å². The van der Waals surface area contributed by atoms with Crippen LogP contribution in [-0.2, 0) is 30.8 Å². The van der Waals surface area contributed by atoms with E-state index in [1.807, 2.05) is 78.9 Å². The molecule has 4 rings (SSSR count). The number of aryl methyl sites for hydroxylation is 1. The van der Waals surface area contributed by atoms with Crippen molar-refractivity contribution < 1.29 is 19.0 Å². The molecule has 0 unspecified atom stereocenters. The van der Waals surface area contributed by atoms with Gasteiger partial charge < -0.3 is 14.2 Å². The first kappa shape index (κ1) is 24.1. The molecular formula is C31H30O4. The molecule has 0 aromatic heterocycles. The molecule has 0 saturated carbocycles. The predicted octanol–water partition coefficient (Wildman–Crippen LogP) is 6.81. The van der Waals surface area contributed by atoms with Crippen LogP contribution in [-0.4, -0.2) is 13.1 Å². The molecule has 0 aliphatic carbocycles. The maximum atomic E-state index is 11.7. The van der Waals surface area contributed by atoms with Crippen LogP contribution in [0, 0.1) is 0 Å². The molecule has 0 saturated heterocycles. The van der Waals surface area contributed by atoms with Crippen LogP contribution >= 0.6 is 0 Å². The molecule has 178 valence electrons. The van der Waals surface area contributed by atoms with Crippen molar-refractivity contribution in [3.63, 3.8) is 0 Å². The zero-order valence-corrected chi connectivity index (χ0v) is 20.0. The second kappa shape index (κ2) is 12.4. The number of ether oxygens (including phenoxy) is 3. The van der Waals surface area contributed by atoms with Crippen molar-refractivity contribution in [1.82, 2.24) is 0 Å². The van der Waals surface area contributed by atoms with E-state index in [4.69, 9.17) is 14.2 Å². The molecule has 4 heteroatoms. The summed E-state index contributed by atoms with van der Waals surface area (Å²) < 4.78 is 17.3. The fourth-order valence-electron chi connectivity index (χ4n) is 3.93. The van der Waals surface area contributed by atoms with Gasteiger partial charge in [-0.05, 0) is 60.2 Å². The van der Waals surface area contributed by atoms with E-state index in [2.05, 4.69) is 24.3 Å². The number of benzene rings is 4. The molecule has 0 aliphatic rings. The zero-order valence-electron chi connectivity index (χ0n) is 20.0. The molecule has 4 nitrogen and oxygen atoms in total. The first-order chi connectivity index (χ1) is 17.2. The Hall–Kier alpha value is -4.05. The van der Waals surface area contributed by atoms with Gasteiger partial charge in [0.15, 0.2) is 0 Å². The Labute approximate surface area is 207 Å². The zero-order chi connectivity index (χ0) is 24.3. The van der Waals surface area contributed by atoms with E-state index in [9.17, 15) is 4.79 Å². The minimum Gasteiger partial charge on any atom is -0.488 e. The summed E-state index contributed by atoms with van der Waals surface area (Å²) in [5.74, 6) is 1.38. The van der Waals surface area contributed by atoms with Crippen molar-refractivity contribution in [2.24, 2.45) is 0 Å². The average molecular weight is 467 g/mol. The molecule has 35 heavy (non-hydrogen) atoms. The highest BCUT2D eigenvalue weighted by molar-refractivity contribution is 5.89. The number of hydrogen-bond donors (Lipinski definition) is 0. The van der Waals surface area contributed by atoms with E-state index in [0.29, 0.717) is 18.8 Å². The summed E-state index contributed by atoms with van der Waals surface area (Å²) in [6, 6.07) is 33.9. The SMILES string of the molecule is COC(=O)c1ccc(CCCc2c(OCc3ccccc3)cccc2OCc2ccccc2)cc1. The summed E-state index contributed by atoms with van der Waals surface area (Å²) in [5.41, 5.74) is 5.06. The normalized spacial score (nSPS) is 10.5. The average Bonchev–Trinajstić information content (AvgIpc) is 2.92. The minimum absolute atomic E-state index is 0.318. The molecule has 0 spiro atoms. The Bertz CT molecular complexity index is 1140. The van der Waals surface area contributed by atoms with E-state index in [0.717, 1.165) is 47.5 Å². The highest BCUT2D eigenvalue weighted by Crippen LogP contribution is 2.31. The number of hydrogen-bond acceptors (Lipinski definition) is 4. The molecule has 0 N–H and O–H groups in total. The molecule has 0 radical (unpaired) electrons. The number of esters is 1. The fraction of sp³-hybridized carbons (Fsp3) is 0.194. The van der Waals surface area contributed by atoms with Gasteiger partial charge >= 0.3 is 5.97 Å². The van der Waals surface area contributed by atoms with Crippen LogP contribution in [0.5, 0.6) is 11.5 Å². The number of carbonyl (C=O) groups is 1. The van der Waals surface area contributed by atoms with Gasteiger partial charge in [-0.15, -0.1) is 0 Å². The second-order valence-corrected chi connectivity index (χ2v) is 8.32. The molecule has 0 heterocycles. The molecule has 0 fully saturated rings. The van der Waals surface area contributed by atoms with Gasteiger partial charge in [0.2, 0.25) is 0 Å². The van der Waals surface area contributed by atoms with Gasteiger partial charge in [-0.25, -0.2) is 4.79 Å². The van der Waals surface area contributed by atoms with Crippen LogP contribution < -0.4 is 9.47 Å². The monoisotopic (exact) mass is 466 g/mol. The minimum atomic E-state index is -0.318. The molecular weight excluding hydrogens is 436 g/mol. The summed E-state index contributed by atoms with van der Waals surface area (Å²) in [7, 11) is 1.39. The van der Waals surface area contributed by atoms with E-state index in [1.165, 1.54) is 12.7 Å². The van der Waals surface area contributed by atoms with Crippen LogP contribution in [0.1, 0.15) is 39.0 Å². The third-order valence-electron chi connectivity index (χ3n) is 5.83. The van der Waals surface area contributed by atoms with E-state index < -0.39 is 0 Å². The van der Waals surface area contributed by atoms with Gasteiger partial charge in [-0.1, -0.05) is 78.9 Å². The van der Waals surface area contributed by atoms with Crippen molar-refractivity contribution in [3.8, 4) is 11.5 Å². The Morgan fingerprint density at radius 2 is 1.14 bits per heavy atom. The third-order valence-corrected chi connectivity index (χ3v) is 5.83. The summed E-state index contributed by atoms with van der Waals surface area (Å²) in [4.78, 5) is 11.7. The first-order valence-corrected chi connectivity index (χ1v) is 11.9. The topological polar surface area (TPSA) is 44.8 Å². The number of carbonyl (C=O) groups excluding carboxylic acids is 1. The Morgan fingerprint density at radius 1 is 0.600 bits per heavy atom. The summed E-state index contributed by atoms with van der Waals surface area (Å²) in [5, 5.41) is 0. The highest BCUT2D eigenvalue weighted by Gasteiger charge is 2.12. The lowest BCUT2D eigenvalue weighted by atomic mass is 10.0. The lowest BCUT2D eigenvalue weighted by Gasteiger charge is -2.17. The summed E-state index contributed by atoms with van der Waals surface area (Å²) in [6.45, 7) is 1.01. The second-order valence-electron chi connectivity index (χ2n) is 8.32. The van der Waals surface area contributed by atoms with Gasteiger partial charge in [-0.3, -0.25) is 0 Å². The van der Waals surface area contributed by atoms with Crippen molar-refractivity contribution in [2.45, 2.75) is 32.5 Å². The maximum Gasteiger partial charge on any atom is 0.337 e. The number of methoxy groups -OCH3 is 1. The summed E-state index contributed by atoms with van der Waals surface area (Å²) >= 11 is 0. The quantitative estimate of drug-likeness (QED) is 0.228. The van der Waals surface area contributed by atoms with Gasteiger partial charge in [0.05, 0.1) is 12.7 Å². The molecule has 4 aromatic carbocycles. The van der Waals surface area contributed by atoms with Crippen LogP contribution in [0.15, 0.2) is 103 Å². The van der Waals surface area contributed by atoms with Crippen molar-refractivity contribution in [2.75, 3.05) is 7.11 Å². The molecule has 4 aromatic rings. The first-order valence-electron chi connectivity index (χ1n) is 11.9. The standard InChI is InChI=1S/C31H30O4/c1-33-31(32)27-20-18-24(19-21-27)14-8-15-28-29(34-22-25-10-4-2-5-11-25)16-9-17-30(28)35-23-26-12-6-3-7-13-26/h2-7,9-13,16-21H,8,14-15,22-23H2,1H3. The molecule has 0 atom stereocenters. The molecule has 0 bridgehead atoms. The highest BCUT2D eigenvalue weighted by atomic mass is 16.5. The smallest absolute Gasteiger partial charge is 0.337 e. The van der Waals surface area contributed by atoms with Crippen molar-refractivity contribution in [1.29, 1.82) is 0 Å². The van der Waals surface area contributed by atoms with Crippen molar-refractivity contribution >= 4 is 5.97 Å². The van der Waals surface area contributed by atoms with Gasteiger partial charge in [0.25, 0.3) is 0 Å². The lowest BCUT2D eigenvalue weighted by molar-refractivity contribution is 0.0600.